The molecule has 5 nitrogen and oxygen atoms in total. The molecule has 1 aliphatic heterocycles. The van der Waals surface area contributed by atoms with Gasteiger partial charge in [-0.25, -0.2) is 0 Å². The molecule has 0 atom stereocenters. The molecule has 0 spiro atoms. The van der Waals surface area contributed by atoms with E-state index in [0.717, 1.165) is 35.0 Å². The minimum Gasteiger partial charge on any atom is -0.489 e. The first-order valence-electron chi connectivity index (χ1n) is 8.11. The van der Waals surface area contributed by atoms with E-state index in [0.29, 0.717) is 6.61 Å². The number of nitrogens with zero attached hydrogens (tertiary/aromatic N) is 1. The van der Waals surface area contributed by atoms with Crippen molar-refractivity contribution in [1.29, 1.82) is 0 Å². The predicted octanol–water partition coefficient (Wildman–Crippen LogP) is 4.00. The van der Waals surface area contributed by atoms with Crippen LogP contribution in [0, 0.1) is 0 Å². The molecule has 1 aromatic heterocycles. The largest absolute Gasteiger partial charge is 0.489 e. The van der Waals surface area contributed by atoms with Crippen LogP contribution in [0.3, 0.4) is 0 Å². The normalized spacial score (nSPS) is 12.0. The third kappa shape index (κ3) is 3.83. The molecule has 0 unspecified atom stereocenters. The summed E-state index contributed by atoms with van der Waals surface area (Å²) in [5, 5.41) is 3.36. The van der Waals surface area contributed by atoms with Crippen molar-refractivity contribution >= 4 is 5.69 Å². The van der Waals surface area contributed by atoms with Gasteiger partial charge in [0.1, 0.15) is 12.4 Å². The minimum atomic E-state index is 0.286. The standard InChI is InChI=1S/C20H18N2O3/c1-4-18(5-2-15(1)12-22-17-7-9-21-10-8-17)23-13-16-3-6-19-20(11-16)25-14-24-19/h1-11H,12-14H2,(H,21,22). The zero-order chi connectivity index (χ0) is 16.9. The van der Waals surface area contributed by atoms with Gasteiger partial charge in [-0.15, -0.1) is 0 Å². The summed E-state index contributed by atoms with van der Waals surface area (Å²) < 4.78 is 16.5. The van der Waals surface area contributed by atoms with Gasteiger partial charge in [-0.05, 0) is 47.5 Å². The van der Waals surface area contributed by atoms with Crippen molar-refractivity contribution in [2.24, 2.45) is 0 Å². The number of fused-ring (bicyclic) bond motifs is 1. The first kappa shape index (κ1) is 15.3. The van der Waals surface area contributed by atoms with Gasteiger partial charge in [0, 0.05) is 24.6 Å². The zero-order valence-corrected chi connectivity index (χ0v) is 13.6. The molecule has 3 aromatic rings. The first-order valence-corrected chi connectivity index (χ1v) is 8.11. The van der Waals surface area contributed by atoms with Crippen LogP contribution in [0.2, 0.25) is 0 Å². The summed E-state index contributed by atoms with van der Waals surface area (Å²) in [6.45, 7) is 1.53. The molecule has 0 saturated carbocycles. The molecule has 0 saturated heterocycles. The average Bonchev–Trinajstić information content (AvgIpc) is 3.14. The molecule has 0 amide bonds. The summed E-state index contributed by atoms with van der Waals surface area (Å²) in [6, 6.07) is 17.8. The molecule has 1 aliphatic rings. The molecule has 4 rings (SSSR count). The Morgan fingerprint density at radius 1 is 0.880 bits per heavy atom. The van der Waals surface area contributed by atoms with Crippen molar-refractivity contribution in [3.8, 4) is 17.2 Å². The van der Waals surface area contributed by atoms with E-state index in [1.807, 2.05) is 42.5 Å². The van der Waals surface area contributed by atoms with Crippen LogP contribution in [0.1, 0.15) is 11.1 Å². The number of nitrogens with one attached hydrogen (secondary N) is 1. The number of ether oxygens (including phenoxy) is 3. The fourth-order valence-corrected chi connectivity index (χ4v) is 2.57. The van der Waals surface area contributed by atoms with E-state index >= 15 is 0 Å². The van der Waals surface area contributed by atoms with Gasteiger partial charge in [-0.1, -0.05) is 18.2 Å². The molecule has 5 heteroatoms. The van der Waals surface area contributed by atoms with Crippen molar-refractivity contribution in [1.82, 2.24) is 4.98 Å². The Labute approximate surface area is 146 Å². The number of anilines is 1. The average molecular weight is 334 g/mol. The van der Waals surface area contributed by atoms with E-state index in [2.05, 4.69) is 22.4 Å². The van der Waals surface area contributed by atoms with Gasteiger partial charge >= 0.3 is 0 Å². The smallest absolute Gasteiger partial charge is 0.231 e. The summed E-state index contributed by atoms with van der Waals surface area (Å²) in [5.41, 5.74) is 3.29. The Morgan fingerprint density at radius 2 is 1.64 bits per heavy atom. The third-order valence-electron chi connectivity index (χ3n) is 3.94. The predicted molar refractivity (Wildman–Crippen MR) is 94.9 cm³/mol. The van der Waals surface area contributed by atoms with Crippen LogP contribution in [-0.2, 0) is 13.2 Å². The van der Waals surface area contributed by atoms with Gasteiger partial charge in [0.15, 0.2) is 11.5 Å². The van der Waals surface area contributed by atoms with Crippen molar-refractivity contribution in [3.05, 3.63) is 78.1 Å². The van der Waals surface area contributed by atoms with Gasteiger partial charge in [-0.3, -0.25) is 4.98 Å². The Balaban J connectivity index is 1.31. The molecule has 126 valence electrons. The number of benzene rings is 2. The van der Waals surface area contributed by atoms with Gasteiger partial charge in [0.2, 0.25) is 6.79 Å². The van der Waals surface area contributed by atoms with Gasteiger partial charge in [-0.2, -0.15) is 0 Å². The quantitative estimate of drug-likeness (QED) is 0.738. The molecule has 1 N–H and O–H groups in total. The lowest BCUT2D eigenvalue weighted by atomic mass is 10.2. The van der Waals surface area contributed by atoms with Crippen LogP contribution in [-0.4, -0.2) is 11.8 Å². The monoisotopic (exact) mass is 334 g/mol. The lowest BCUT2D eigenvalue weighted by molar-refractivity contribution is 0.174. The number of hydrogen-bond acceptors (Lipinski definition) is 5. The molecule has 0 fully saturated rings. The van der Waals surface area contributed by atoms with Crippen molar-refractivity contribution in [2.75, 3.05) is 12.1 Å². The molecule has 2 aromatic carbocycles. The van der Waals surface area contributed by atoms with E-state index in [-0.39, 0.29) is 6.79 Å². The highest BCUT2D eigenvalue weighted by Crippen LogP contribution is 2.32. The Hall–Kier alpha value is -3.21. The van der Waals surface area contributed by atoms with Gasteiger partial charge in [0.25, 0.3) is 0 Å². The molecular formula is C20H18N2O3. The molecule has 25 heavy (non-hydrogen) atoms. The lowest BCUT2D eigenvalue weighted by Gasteiger charge is -2.09. The third-order valence-corrected chi connectivity index (χ3v) is 3.94. The van der Waals surface area contributed by atoms with Crippen molar-refractivity contribution in [2.45, 2.75) is 13.2 Å². The highest BCUT2D eigenvalue weighted by atomic mass is 16.7. The zero-order valence-electron chi connectivity index (χ0n) is 13.6. The van der Waals surface area contributed by atoms with E-state index < -0.39 is 0 Å². The topological polar surface area (TPSA) is 52.6 Å². The van der Waals surface area contributed by atoms with Gasteiger partial charge < -0.3 is 19.5 Å². The second-order valence-corrected chi connectivity index (χ2v) is 5.71. The van der Waals surface area contributed by atoms with E-state index in [1.54, 1.807) is 12.4 Å². The van der Waals surface area contributed by atoms with Crippen LogP contribution in [0.25, 0.3) is 0 Å². The molecule has 0 bridgehead atoms. The first-order chi connectivity index (χ1) is 12.4. The maximum absolute atomic E-state index is 5.84. The Kier molecular flexibility index (Phi) is 4.37. The fourth-order valence-electron chi connectivity index (χ4n) is 2.57. The van der Waals surface area contributed by atoms with Crippen LogP contribution in [0.5, 0.6) is 17.2 Å². The number of aromatic nitrogens is 1. The summed E-state index contributed by atoms with van der Waals surface area (Å²) in [5.74, 6) is 2.40. The van der Waals surface area contributed by atoms with Crippen molar-refractivity contribution < 1.29 is 14.2 Å². The SMILES string of the molecule is c1cc(NCc2ccc(OCc3ccc4c(c3)OCO4)cc2)ccn1. The maximum Gasteiger partial charge on any atom is 0.231 e. The Morgan fingerprint density at radius 3 is 2.48 bits per heavy atom. The minimum absolute atomic E-state index is 0.286. The van der Waals surface area contributed by atoms with Crippen LogP contribution >= 0.6 is 0 Å². The summed E-state index contributed by atoms with van der Waals surface area (Å²) >= 11 is 0. The van der Waals surface area contributed by atoms with Crippen LogP contribution in [0.15, 0.2) is 67.0 Å². The van der Waals surface area contributed by atoms with E-state index in [1.165, 1.54) is 5.56 Å². The molecule has 2 heterocycles. The fraction of sp³-hybridized carbons (Fsp3) is 0.150. The second-order valence-electron chi connectivity index (χ2n) is 5.71. The summed E-state index contributed by atoms with van der Waals surface area (Å²) in [6.07, 6.45) is 3.55. The summed E-state index contributed by atoms with van der Waals surface area (Å²) in [7, 11) is 0. The highest BCUT2D eigenvalue weighted by Gasteiger charge is 2.13. The highest BCUT2D eigenvalue weighted by molar-refractivity contribution is 5.44. The lowest BCUT2D eigenvalue weighted by Crippen LogP contribution is -2.00. The molecular weight excluding hydrogens is 316 g/mol. The van der Waals surface area contributed by atoms with Crippen molar-refractivity contribution in [3.63, 3.8) is 0 Å². The van der Waals surface area contributed by atoms with Gasteiger partial charge in [0.05, 0.1) is 0 Å². The van der Waals surface area contributed by atoms with E-state index in [4.69, 9.17) is 14.2 Å². The number of rotatable bonds is 6. The van der Waals surface area contributed by atoms with Crippen LogP contribution in [0.4, 0.5) is 5.69 Å². The number of hydrogen-bond donors (Lipinski definition) is 1. The Bertz CT molecular complexity index is 835. The molecule has 0 radical (unpaired) electrons. The van der Waals surface area contributed by atoms with E-state index in [9.17, 15) is 0 Å². The maximum atomic E-state index is 5.84. The molecule has 0 aliphatic carbocycles. The number of pyridine rings is 1. The van der Waals surface area contributed by atoms with Crippen LogP contribution < -0.4 is 19.5 Å². The second kappa shape index (κ2) is 7.13. The summed E-state index contributed by atoms with van der Waals surface area (Å²) in [4.78, 5) is 4.01.